The van der Waals surface area contributed by atoms with Crippen molar-refractivity contribution in [2.75, 3.05) is 32.1 Å². The minimum Gasteiger partial charge on any atom is -0.489 e. The molecule has 1 aliphatic rings. The van der Waals surface area contributed by atoms with E-state index in [9.17, 15) is 0 Å². The molecule has 1 N–H and O–H groups in total. The van der Waals surface area contributed by atoms with Gasteiger partial charge in [-0.15, -0.1) is 6.42 Å². The van der Waals surface area contributed by atoms with Gasteiger partial charge >= 0.3 is 0 Å². The van der Waals surface area contributed by atoms with E-state index in [2.05, 4.69) is 22.2 Å². The van der Waals surface area contributed by atoms with Crippen LogP contribution < -0.4 is 10.1 Å². The van der Waals surface area contributed by atoms with Crippen LogP contribution in [-0.2, 0) is 6.54 Å². The van der Waals surface area contributed by atoms with E-state index >= 15 is 0 Å². The Bertz CT molecular complexity index is 409. The Hall–Kier alpha value is -1.66. The fourth-order valence-electron chi connectivity index (χ4n) is 1.86. The average molecular weight is 216 g/mol. The van der Waals surface area contributed by atoms with Crippen molar-refractivity contribution in [2.24, 2.45) is 0 Å². The number of hydrogen-bond donors (Lipinski definition) is 1. The van der Waals surface area contributed by atoms with Crippen molar-refractivity contribution in [1.82, 2.24) is 4.90 Å². The predicted molar refractivity (Wildman–Crippen MR) is 65.6 cm³/mol. The van der Waals surface area contributed by atoms with E-state index in [1.54, 1.807) is 0 Å². The second kappa shape index (κ2) is 4.91. The third-order valence-corrected chi connectivity index (χ3v) is 2.56. The second-order valence-corrected chi connectivity index (χ2v) is 3.95. The summed E-state index contributed by atoms with van der Waals surface area (Å²) in [6.07, 6.45) is 5.29. The van der Waals surface area contributed by atoms with Crippen LogP contribution in [0.5, 0.6) is 5.75 Å². The minimum atomic E-state index is 0.650. The van der Waals surface area contributed by atoms with Crippen LogP contribution in [0.4, 0.5) is 5.69 Å². The Morgan fingerprint density at radius 2 is 2.44 bits per heavy atom. The number of terminal acetylenes is 1. The number of nitrogens with one attached hydrogen (secondary N) is 1. The molecule has 0 amide bonds. The van der Waals surface area contributed by atoms with E-state index < -0.39 is 0 Å². The molecule has 84 valence electrons. The maximum atomic E-state index is 5.69. The molecule has 3 nitrogen and oxygen atoms in total. The molecule has 1 aromatic carbocycles. The summed E-state index contributed by atoms with van der Waals surface area (Å²) in [6, 6.07) is 6.16. The highest BCUT2D eigenvalue weighted by Gasteiger charge is 2.14. The molecule has 0 radical (unpaired) electrons. The molecule has 0 aromatic heterocycles. The van der Waals surface area contributed by atoms with Crippen LogP contribution in [0.25, 0.3) is 0 Å². The Balaban J connectivity index is 2.18. The Morgan fingerprint density at radius 3 is 3.25 bits per heavy atom. The zero-order chi connectivity index (χ0) is 11.4. The predicted octanol–water partition coefficient (Wildman–Crippen LogP) is 1.56. The van der Waals surface area contributed by atoms with Gasteiger partial charge in [0.15, 0.2) is 0 Å². The molecule has 0 saturated carbocycles. The molecule has 0 fully saturated rings. The summed E-state index contributed by atoms with van der Waals surface area (Å²) in [5, 5.41) is 3.32. The average Bonchev–Trinajstić information content (AvgIpc) is 2.30. The third-order valence-electron chi connectivity index (χ3n) is 2.56. The zero-order valence-electron chi connectivity index (χ0n) is 9.49. The highest BCUT2D eigenvalue weighted by molar-refractivity contribution is 5.61. The van der Waals surface area contributed by atoms with Gasteiger partial charge in [-0.1, -0.05) is 18.1 Å². The smallest absolute Gasteiger partial charge is 0.146 e. The number of benzene rings is 1. The van der Waals surface area contributed by atoms with Crippen LogP contribution in [0.15, 0.2) is 18.2 Å². The molecule has 0 aliphatic carbocycles. The van der Waals surface area contributed by atoms with Crippen LogP contribution in [0.3, 0.4) is 0 Å². The lowest BCUT2D eigenvalue weighted by Gasteiger charge is -2.23. The van der Waals surface area contributed by atoms with Crippen molar-refractivity contribution >= 4 is 5.69 Å². The molecule has 0 saturated heterocycles. The molecule has 2 rings (SSSR count). The normalized spacial score (nSPS) is 13.6. The Labute approximate surface area is 96.4 Å². The van der Waals surface area contributed by atoms with Gasteiger partial charge in [-0.2, -0.15) is 0 Å². The number of para-hydroxylation sites is 1. The Kier molecular flexibility index (Phi) is 3.33. The number of hydrogen-bond acceptors (Lipinski definition) is 3. The van der Waals surface area contributed by atoms with Gasteiger partial charge in [-0.05, 0) is 13.1 Å². The van der Waals surface area contributed by atoms with Crippen LogP contribution in [0, 0.1) is 12.3 Å². The van der Waals surface area contributed by atoms with Crippen LogP contribution in [0.1, 0.15) is 5.56 Å². The lowest BCUT2D eigenvalue weighted by atomic mass is 10.1. The van der Waals surface area contributed by atoms with E-state index in [1.165, 1.54) is 5.56 Å². The molecule has 16 heavy (non-hydrogen) atoms. The van der Waals surface area contributed by atoms with Crippen molar-refractivity contribution < 1.29 is 4.74 Å². The number of rotatable bonds is 3. The van der Waals surface area contributed by atoms with Crippen LogP contribution >= 0.6 is 0 Å². The monoisotopic (exact) mass is 216 g/mol. The lowest BCUT2D eigenvalue weighted by molar-refractivity contribution is 0.306. The maximum Gasteiger partial charge on any atom is 0.146 e. The van der Waals surface area contributed by atoms with Gasteiger partial charge in [0.05, 0.1) is 12.2 Å². The summed E-state index contributed by atoms with van der Waals surface area (Å²) >= 11 is 0. The topological polar surface area (TPSA) is 24.5 Å². The summed E-state index contributed by atoms with van der Waals surface area (Å²) in [4.78, 5) is 2.09. The molecule has 0 atom stereocenters. The molecule has 3 heteroatoms. The first-order valence-electron chi connectivity index (χ1n) is 5.42. The summed E-state index contributed by atoms with van der Waals surface area (Å²) in [7, 11) is 2.01. The van der Waals surface area contributed by atoms with Gasteiger partial charge in [-0.25, -0.2) is 0 Å². The standard InChI is InChI=1S/C13H16N2O/c1-3-8-15(2)10-11-5-4-6-12-13(11)16-9-7-14-12/h1,4-6,14H,7-10H2,2H3. The van der Waals surface area contributed by atoms with Crippen molar-refractivity contribution in [1.29, 1.82) is 0 Å². The van der Waals surface area contributed by atoms with Crippen molar-refractivity contribution in [3.05, 3.63) is 23.8 Å². The molecular formula is C13H16N2O. The first-order chi connectivity index (χ1) is 7.81. The van der Waals surface area contributed by atoms with Crippen molar-refractivity contribution in [3.63, 3.8) is 0 Å². The Morgan fingerprint density at radius 1 is 1.56 bits per heavy atom. The molecule has 1 aliphatic heterocycles. The summed E-state index contributed by atoms with van der Waals surface area (Å²) in [6.45, 7) is 3.06. The second-order valence-electron chi connectivity index (χ2n) is 3.95. The van der Waals surface area contributed by atoms with Crippen molar-refractivity contribution in [2.45, 2.75) is 6.54 Å². The number of anilines is 1. The van der Waals surface area contributed by atoms with E-state index in [4.69, 9.17) is 11.2 Å². The molecule has 0 unspecified atom stereocenters. The first kappa shape index (κ1) is 10.8. The minimum absolute atomic E-state index is 0.650. The number of fused-ring (bicyclic) bond motifs is 1. The van der Waals surface area contributed by atoms with E-state index in [1.807, 2.05) is 19.2 Å². The van der Waals surface area contributed by atoms with Crippen molar-refractivity contribution in [3.8, 4) is 18.1 Å². The van der Waals surface area contributed by atoms with E-state index in [-0.39, 0.29) is 0 Å². The van der Waals surface area contributed by atoms with E-state index in [0.29, 0.717) is 6.54 Å². The third kappa shape index (κ3) is 2.29. The number of nitrogens with zero attached hydrogens (tertiary/aromatic N) is 1. The quantitative estimate of drug-likeness (QED) is 0.776. The fraction of sp³-hybridized carbons (Fsp3) is 0.385. The molecule has 1 aromatic rings. The van der Waals surface area contributed by atoms with Crippen LogP contribution in [-0.4, -0.2) is 31.6 Å². The summed E-state index contributed by atoms with van der Waals surface area (Å²) in [5.74, 6) is 3.61. The SMILES string of the molecule is C#CCN(C)Cc1cccc2c1OCCN2. The zero-order valence-corrected chi connectivity index (χ0v) is 9.49. The molecular weight excluding hydrogens is 200 g/mol. The molecule has 1 heterocycles. The highest BCUT2D eigenvalue weighted by atomic mass is 16.5. The number of ether oxygens (including phenoxy) is 1. The lowest BCUT2D eigenvalue weighted by Crippen LogP contribution is -2.22. The summed E-state index contributed by atoms with van der Waals surface area (Å²) < 4.78 is 5.69. The van der Waals surface area contributed by atoms with Gasteiger partial charge in [0.25, 0.3) is 0 Å². The van der Waals surface area contributed by atoms with Gasteiger partial charge in [0.2, 0.25) is 0 Å². The van der Waals surface area contributed by atoms with Gasteiger partial charge in [0, 0.05) is 18.7 Å². The summed E-state index contributed by atoms with van der Waals surface area (Å²) in [5.41, 5.74) is 2.26. The largest absolute Gasteiger partial charge is 0.489 e. The molecule has 0 spiro atoms. The van der Waals surface area contributed by atoms with Gasteiger partial charge < -0.3 is 10.1 Å². The maximum absolute atomic E-state index is 5.69. The van der Waals surface area contributed by atoms with Gasteiger partial charge in [0.1, 0.15) is 12.4 Å². The highest BCUT2D eigenvalue weighted by Crippen LogP contribution is 2.31. The van der Waals surface area contributed by atoms with Crippen LogP contribution in [0.2, 0.25) is 0 Å². The molecule has 0 bridgehead atoms. The first-order valence-corrected chi connectivity index (χ1v) is 5.42. The van der Waals surface area contributed by atoms with Gasteiger partial charge in [-0.3, -0.25) is 4.90 Å². The van der Waals surface area contributed by atoms with E-state index in [0.717, 1.165) is 31.1 Å². The fourth-order valence-corrected chi connectivity index (χ4v) is 1.86.